The summed E-state index contributed by atoms with van der Waals surface area (Å²) < 4.78 is 4.79. The van der Waals surface area contributed by atoms with Gasteiger partial charge in [0.05, 0.1) is 4.21 Å². The molecular weight excluding hydrogens is 222 g/mol. The zero-order chi connectivity index (χ0) is 10.9. The van der Waals surface area contributed by atoms with Crippen molar-refractivity contribution in [1.82, 2.24) is 4.72 Å². The molecule has 0 spiro atoms. The van der Waals surface area contributed by atoms with Gasteiger partial charge in [0.2, 0.25) is 0 Å². The number of hydrogen-bond donors (Lipinski definition) is 1. The van der Waals surface area contributed by atoms with Crippen molar-refractivity contribution in [3.8, 4) is 0 Å². The summed E-state index contributed by atoms with van der Waals surface area (Å²) in [5.41, 5.74) is 0.149. The summed E-state index contributed by atoms with van der Waals surface area (Å²) in [6.45, 7) is 6.53. The summed E-state index contributed by atoms with van der Waals surface area (Å²) >= 11 is 3.54. The maximum Gasteiger partial charge on any atom is 0.0829 e. The van der Waals surface area contributed by atoms with Crippen molar-refractivity contribution in [2.45, 2.75) is 30.5 Å². The van der Waals surface area contributed by atoms with Crippen LogP contribution in [0.2, 0.25) is 0 Å². The van der Waals surface area contributed by atoms with E-state index in [1.807, 2.05) is 0 Å². The SMILES string of the molecule is CC(C)(C)NSc1scc2ccccc12. The number of fused-ring (bicyclic) bond motifs is 1. The van der Waals surface area contributed by atoms with Crippen molar-refractivity contribution < 1.29 is 0 Å². The van der Waals surface area contributed by atoms with E-state index in [9.17, 15) is 0 Å². The lowest BCUT2D eigenvalue weighted by atomic mass is 10.1. The molecule has 0 fully saturated rings. The topological polar surface area (TPSA) is 12.0 Å². The van der Waals surface area contributed by atoms with E-state index >= 15 is 0 Å². The van der Waals surface area contributed by atoms with E-state index in [0.29, 0.717) is 0 Å². The number of benzene rings is 1. The predicted octanol–water partition coefficient (Wildman–Crippen LogP) is 4.30. The zero-order valence-corrected chi connectivity index (χ0v) is 10.8. The molecule has 0 bridgehead atoms. The normalized spacial score (nSPS) is 12.2. The van der Waals surface area contributed by atoms with Gasteiger partial charge in [0.25, 0.3) is 0 Å². The summed E-state index contributed by atoms with van der Waals surface area (Å²) in [6, 6.07) is 8.52. The highest BCUT2D eigenvalue weighted by molar-refractivity contribution is 7.99. The average Bonchev–Trinajstić information content (AvgIpc) is 2.57. The Kier molecular flexibility index (Phi) is 3.05. The molecule has 0 atom stereocenters. The van der Waals surface area contributed by atoms with Crippen LogP contribution in [0.4, 0.5) is 0 Å². The molecule has 1 aromatic carbocycles. The van der Waals surface area contributed by atoms with E-state index in [2.05, 4.69) is 55.1 Å². The molecule has 3 heteroatoms. The van der Waals surface area contributed by atoms with Crippen LogP contribution >= 0.6 is 23.3 Å². The molecule has 1 N–H and O–H groups in total. The van der Waals surface area contributed by atoms with Gasteiger partial charge in [-0.2, -0.15) is 0 Å². The largest absolute Gasteiger partial charge is 0.254 e. The van der Waals surface area contributed by atoms with Crippen molar-refractivity contribution in [3.63, 3.8) is 0 Å². The van der Waals surface area contributed by atoms with Crippen LogP contribution in [-0.2, 0) is 0 Å². The molecule has 0 amide bonds. The summed E-state index contributed by atoms with van der Waals surface area (Å²) in [6.07, 6.45) is 0. The van der Waals surface area contributed by atoms with Gasteiger partial charge in [-0.25, -0.2) is 0 Å². The fourth-order valence-corrected chi connectivity index (χ4v) is 3.15. The van der Waals surface area contributed by atoms with Gasteiger partial charge in [0.15, 0.2) is 0 Å². The van der Waals surface area contributed by atoms with Crippen LogP contribution in [0.15, 0.2) is 33.9 Å². The number of hydrogen-bond acceptors (Lipinski definition) is 3. The second-order valence-corrected chi connectivity index (χ2v) is 6.52. The van der Waals surface area contributed by atoms with Gasteiger partial charge in [-0.05, 0) is 43.5 Å². The van der Waals surface area contributed by atoms with Gasteiger partial charge in [0.1, 0.15) is 0 Å². The molecule has 1 heterocycles. The zero-order valence-electron chi connectivity index (χ0n) is 9.20. The molecule has 80 valence electrons. The molecule has 0 aliphatic rings. The number of rotatable bonds is 2. The van der Waals surface area contributed by atoms with E-state index < -0.39 is 0 Å². The number of nitrogens with one attached hydrogen (secondary N) is 1. The van der Waals surface area contributed by atoms with Crippen LogP contribution in [0, 0.1) is 0 Å². The first-order valence-electron chi connectivity index (χ1n) is 4.96. The van der Waals surface area contributed by atoms with Crippen LogP contribution in [0.25, 0.3) is 10.8 Å². The highest BCUT2D eigenvalue weighted by Crippen LogP contribution is 2.33. The van der Waals surface area contributed by atoms with E-state index in [-0.39, 0.29) is 5.54 Å². The molecule has 1 nitrogen and oxygen atoms in total. The Balaban J connectivity index is 2.22. The first-order valence-corrected chi connectivity index (χ1v) is 6.66. The van der Waals surface area contributed by atoms with Crippen LogP contribution in [-0.4, -0.2) is 5.54 Å². The summed E-state index contributed by atoms with van der Waals surface area (Å²) in [7, 11) is 0. The minimum absolute atomic E-state index is 0.149. The van der Waals surface area contributed by atoms with E-state index in [1.54, 1.807) is 23.3 Å². The van der Waals surface area contributed by atoms with E-state index in [1.165, 1.54) is 15.0 Å². The van der Waals surface area contributed by atoms with E-state index in [4.69, 9.17) is 0 Å². The summed E-state index contributed by atoms with van der Waals surface area (Å²) in [4.78, 5) is 0. The van der Waals surface area contributed by atoms with Crippen LogP contribution in [0.3, 0.4) is 0 Å². The molecule has 0 unspecified atom stereocenters. The van der Waals surface area contributed by atoms with Crippen LogP contribution < -0.4 is 4.72 Å². The van der Waals surface area contributed by atoms with Gasteiger partial charge in [-0.1, -0.05) is 24.3 Å². The molecule has 2 aromatic rings. The summed E-state index contributed by atoms with van der Waals surface area (Å²) in [5.74, 6) is 0. The minimum atomic E-state index is 0.149. The first kappa shape index (κ1) is 11.0. The number of thiophene rings is 1. The predicted molar refractivity (Wildman–Crippen MR) is 70.6 cm³/mol. The van der Waals surface area contributed by atoms with Crippen LogP contribution in [0.1, 0.15) is 20.8 Å². The van der Waals surface area contributed by atoms with Crippen molar-refractivity contribution in [2.75, 3.05) is 0 Å². The van der Waals surface area contributed by atoms with Crippen LogP contribution in [0.5, 0.6) is 0 Å². The Morgan fingerprint density at radius 3 is 2.67 bits per heavy atom. The van der Waals surface area contributed by atoms with Gasteiger partial charge in [-0.15, -0.1) is 11.3 Å². The highest BCUT2D eigenvalue weighted by atomic mass is 32.2. The van der Waals surface area contributed by atoms with Crippen molar-refractivity contribution in [3.05, 3.63) is 29.6 Å². The maximum atomic E-state index is 3.44. The fourth-order valence-electron chi connectivity index (χ4n) is 1.24. The molecule has 0 radical (unpaired) electrons. The average molecular weight is 237 g/mol. The first-order chi connectivity index (χ1) is 7.06. The molecule has 0 aliphatic heterocycles. The van der Waals surface area contributed by atoms with Gasteiger partial charge in [0, 0.05) is 10.9 Å². The van der Waals surface area contributed by atoms with Crippen molar-refractivity contribution in [2.24, 2.45) is 0 Å². The molecular formula is C12H15NS2. The van der Waals surface area contributed by atoms with Gasteiger partial charge < -0.3 is 0 Å². The Morgan fingerprint density at radius 1 is 1.20 bits per heavy atom. The second-order valence-electron chi connectivity index (χ2n) is 4.56. The Labute approximate surface area is 99.0 Å². The molecule has 1 aromatic heterocycles. The molecule has 0 saturated heterocycles. The molecule has 0 saturated carbocycles. The second kappa shape index (κ2) is 4.16. The minimum Gasteiger partial charge on any atom is -0.254 e. The van der Waals surface area contributed by atoms with Gasteiger partial charge in [-0.3, -0.25) is 4.72 Å². The monoisotopic (exact) mass is 237 g/mol. The van der Waals surface area contributed by atoms with Crippen molar-refractivity contribution >= 4 is 34.1 Å². The lowest BCUT2D eigenvalue weighted by molar-refractivity contribution is 0.536. The Hall–Kier alpha value is -0.510. The molecule has 15 heavy (non-hydrogen) atoms. The van der Waals surface area contributed by atoms with Crippen molar-refractivity contribution in [1.29, 1.82) is 0 Å². The third kappa shape index (κ3) is 2.74. The standard InChI is InChI=1S/C12H15NS2/c1-12(2,3)13-15-11-10-7-5-4-6-9(10)8-14-11/h4-8,13H,1-3H3. The molecule has 2 rings (SSSR count). The highest BCUT2D eigenvalue weighted by Gasteiger charge is 2.11. The maximum absolute atomic E-state index is 3.44. The molecule has 0 aliphatic carbocycles. The Bertz CT molecular complexity index is 454. The quantitative estimate of drug-likeness (QED) is 0.782. The summed E-state index contributed by atoms with van der Waals surface area (Å²) in [5, 5.41) is 4.90. The lowest BCUT2D eigenvalue weighted by Crippen LogP contribution is -2.29. The smallest absolute Gasteiger partial charge is 0.0829 e. The Morgan fingerprint density at radius 2 is 1.93 bits per heavy atom. The van der Waals surface area contributed by atoms with E-state index in [0.717, 1.165) is 0 Å². The third-order valence-electron chi connectivity index (χ3n) is 1.92. The lowest BCUT2D eigenvalue weighted by Gasteiger charge is -2.18. The van der Waals surface area contributed by atoms with Gasteiger partial charge >= 0.3 is 0 Å². The third-order valence-corrected chi connectivity index (χ3v) is 4.39. The fraction of sp³-hybridized carbons (Fsp3) is 0.333.